The highest BCUT2D eigenvalue weighted by Crippen LogP contribution is 2.46. The molecule has 2 aromatic rings. The van der Waals surface area contributed by atoms with Gasteiger partial charge in [-0.3, -0.25) is 0 Å². The number of methoxy groups -OCH3 is 4. The van der Waals surface area contributed by atoms with Gasteiger partial charge in [0.05, 0.1) is 44.9 Å². The summed E-state index contributed by atoms with van der Waals surface area (Å²) in [7, 11) is 6.22. The average molecular weight is 377 g/mol. The van der Waals surface area contributed by atoms with Gasteiger partial charge < -0.3 is 18.9 Å². The molecule has 0 saturated heterocycles. The summed E-state index contributed by atoms with van der Waals surface area (Å²) in [4.78, 5) is 20.4. The third kappa shape index (κ3) is 3.99. The van der Waals surface area contributed by atoms with Gasteiger partial charge in [-0.25, -0.2) is 9.68 Å². The second kappa shape index (κ2) is 8.98. The van der Waals surface area contributed by atoms with Crippen molar-refractivity contribution in [1.82, 2.24) is 0 Å². The van der Waals surface area contributed by atoms with Crippen molar-refractivity contribution < 1.29 is 33.6 Å². The van der Waals surface area contributed by atoms with E-state index in [1.807, 2.05) is 0 Å². The van der Waals surface area contributed by atoms with Crippen LogP contribution in [0.1, 0.15) is 25.8 Å². The normalized spacial score (nSPS) is 11.1. The van der Waals surface area contributed by atoms with Crippen LogP contribution in [-0.4, -0.2) is 40.1 Å². The second-order valence-electron chi connectivity index (χ2n) is 5.44. The van der Waals surface area contributed by atoms with Crippen LogP contribution in [0.25, 0.3) is 10.8 Å². The van der Waals surface area contributed by atoms with Crippen LogP contribution >= 0.6 is 0 Å². The Morgan fingerprint density at radius 1 is 0.926 bits per heavy atom. The molecule has 0 aliphatic heterocycles. The highest BCUT2D eigenvalue weighted by atomic mass is 17.3. The Hall–Kier alpha value is -3.16. The predicted molar refractivity (Wildman–Crippen MR) is 99.8 cm³/mol. The van der Waals surface area contributed by atoms with Crippen molar-refractivity contribution in [1.29, 1.82) is 0 Å². The lowest BCUT2D eigenvalue weighted by Crippen LogP contribution is -2.06. The molecule has 0 aliphatic rings. The molecule has 146 valence electrons. The van der Waals surface area contributed by atoms with Crippen LogP contribution in [0.2, 0.25) is 0 Å². The maximum atomic E-state index is 11.2. The molecule has 0 amide bonds. The first-order chi connectivity index (χ1) is 13.0. The van der Waals surface area contributed by atoms with Crippen LogP contribution in [0.3, 0.4) is 0 Å². The highest BCUT2D eigenvalue weighted by Gasteiger charge is 2.22. The molecule has 0 spiro atoms. The fraction of sp³-hybridized carbons (Fsp3) is 0.368. The van der Waals surface area contributed by atoms with Gasteiger partial charge >= 0.3 is 5.97 Å². The second-order valence-corrected chi connectivity index (χ2v) is 5.44. The van der Waals surface area contributed by atoms with E-state index in [1.165, 1.54) is 7.11 Å². The van der Waals surface area contributed by atoms with Gasteiger partial charge in [0.15, 0.2) is 0 Å². The molecule has 8 nitrogen and oxygen atoms in total. The molecule has 0 saturated carbocycles. The average Bonchev–Trinajstić information content (AvgIpc) is 2.71. The number of hydrogen-bond donors (Lipinski definition) is 0. The van der Waals surface area contributed by atoms with Crippen molar-refractivity contribution >= 4 is 22.5 Å². The molecule has 0 bridgehead atoms. The summed E-state index contributed by atoms with van der Waals surface area (Å²) in [5.74, 6) is 1.69. The van der Waals surface area contributed by atoms with Crippen molar-refractivity contribution in [3.8, 4) is 23.0 Å². The number of hydrogen-bond acceptors (Lipinski definition) is 8. The standard InChI is InChI=1S/C19H23NO7/c1-7-16(21)26-27-20-11(2)12-10-15(24-5)17-13(22-3)8-9-14(23-4)18(17)19(12)25-6/h8-10H,7H2,1-6H3. The number of fused-ring (bicyclic) bond motifs is 1. The van der Waals surface area contributed by atoms with Gasteiger partial charge in [-0.15, -0.1) is 0 Å². The van der Waals surface area contributed by atoms with Gasteiger partial charge in [0.2, 0.25) is 0 Å². The summed E-state index contributed by atoms with van der Waals surface area (Å²) in [6, 6.07) is 5.31. The van der Waals surface area contributed by atoms with Crippen LogP contribution in [0, 0.1) is 0 Å². The zero-order valence-corrected chi connectivity index (χ0v) is 16.2. The van der Waals surface area contributed by atoms with Crippen LogP contribution in [0.5, 0.6) is 23.0 Å². The van der Waals surface area contributed by atoms with Crippen LogP contribution < -0.4 is 18.9 Å². The molecule has 2 aromatic carbocycles. The van der Waals surface area contributed by atoms with Crippen molar-refractivity contribution in [2.75, 3.05) is 28.4 Å². The van der Waals surface area contributed by atoms with Crippen LogP contribution in [0.15, 0.2) is 23.4 Å². The minimum atomic E-state index is -0.527. The van der Waals surface area contributed by atoms with Crippen LogP contribution in [-0.2, 0) is 14.7 Å². The monoisotopic (exact) mass is 377 g/mol. The molecule has 0 fully saturated rings. The number of ether oxygens (including phenoxy) is 4. The van der Waals surface area contributed by atoms with Crippen molar-refractivity contribution in [2.24, 2.45) is 5.16 Å². The van der Waals surface area contributed by atoms with Crippen molar-refractivity contribution in [3.05, 3.63) is 23.8 Å². The van der Waals surface area contributed by atoms with E-state index in [4.69, 9.17) is 18.9 Å². The molecule has 8 heteroatoms. The topological polar surface area (TPSA) is 84.8 Å². The van der Waals surface area contributed by atoms with Gasteiger partial charge in [-0.2, -0.15) is 4.99 Å². The Labute approximate surface area is 157 Å². The van der Waals surface area contributed by atoms with E-state index in [9.17, 15) is 4.79 Å². The molecule has 2 rings (SSSR count). The molecule has 0 aromatic heterocycles. The molecule has 0 N–H and O–H groups in total. The molecule has 0 radical (unpaired) electrons. The Morgan fingerprint density at radius 2 is 1.52 bits per heavy atom. The van der Waals surface area contributed by atoms with Gasteiger partial charge in [0, 0.05) is 12.0 Å². The fourth-order valence-electron chi connectivity index (χ4n) is 2.64. The highest BCUT2D eigenvalue weighted by molar-refractivity contribution is 6.11. The molecular formula is C19H23NO7. The maximum Gasteiger partial charge on any atom is 0.357 e. The third-order valence-electron chi connectivity index (χ3n) is 3.97. The lowest BCUT2D eigenvalue weighted by molar-refractivity contribution is -0.272. The summed E-state index contributed by atoms with van der Waals surface area (Å²) in [6.45, 7) is 3.34. The van der Waals surface area contributed by atoms with Gasteiger partial charge in [-0.1, -0.05) is 6.92 Å². The third-order valence-corrected chi connectivity index (χ3v) is 3.97. The minimum Gasteiger partial charge on any atom is -0.496 e. The largest absolute Gasteiger partial charge is 0.496 e. The van der Waals surface area contributed by atoms with Crippen LogP contribution in [0.4, 0.5) is 0 Å². The smallest absolute Gasteiger partial charge is 0.357 e. The Morgan fingerprint density at radius 3 is 2.04 bits per heavy atom. The number of carbonyl (C=O) groups excluding carboxylic acids is 1. The fourth-order valence-corrected chi connectivity index (χ4v) is 2.64. The first-order valence-corrected chi connectivity index (χ1v) is 8.23. The van der Waals surface area contributed by atoms with E-state index in [2.05, 4.69) is 15.0 Å². The number of oxime groups is 1. The minimum absolute atomic E-state index is 0.179. The maximum absolute atomic E-state index is 11.2. The van der Waals surface area contributed by atoms with E-state index in [0.717, 1.165) is 0 Å². The summed E-state index contributed by atoms with van der Waals surface area (Å²) in [6.07, 6.45) is 0.179. The van der Waals surface area contributed by atoms with E-state index in [1.54, 1.807) is 53.4 Å². The number of nitrogens with zero attached hydrogens (tertiary/aromatic N) is 1. The number of carbonyl (C=O) groups is 1. The molecule has 0 unspecified atom stereocenters. The first-order valence-electron chi connectivity index (χ1n) is 8.23. The van der Waals surface area contributed by atoms with E-state index in [-0.39, 0.29) is 6.42 Å². The summed E-state index contributed by atoms with van der Waals surface area (Å²) < 4.78 is 22.2. The van der Waals surface area contributed by atoms with Crippen molar-refractivity contribution in [2.45, 2.75) is 20.3 Å². The SMILES string of the molecule is CCC(=O)OON=C(C)c1cc(OC)c2c(OC)ccc(OC)c2c1OC. The van der Waals surface area contributed by atoms with Crippen molar-refractivity contribution in [3.63, 3.8) is 0 Å². The Bertz CT molecular complexity index is 861. The molecule has 0 heterocycles. The van der Waals surface area contributed by atoms with Gasteiger partial charge in [0.25, 0.3) is 0 Å². The summed E-state index contributed by atoms with van der Waals surface area (Å²) >= 11 is 0. The zero-order valence-electron chi connectivity index (χ0n) is 16.2. The quantitative estimate of drug-likeness (QED) is 0.395. The molecular weight excluding hydrogens is 354 g/mol. The van der Waals surface area contributed by atoms with Gasteiger partial charge in [-0.05, 0) is 30.3 Å². The first kappa shape index (κ1) is 20.2. The lowest BCUT2D eigenvalue weighted by atomic mass is 9.99. The molecule has 0 aliphatic carbocycles. The van der Waals surface area contributed by atoms with E-state index < -0.39 is 5.97 Å². The number of rotatable bonds is 8. The molecule has 0 atom stereocenters. The number of benzene rings is 2. The summed E-state index contributed by atoms with van der Waals surface area (Å²) in [5, 5.41) is 5.20. The lowest BCUT2D eigenvalue weighted by Gasteiger charge is -2.18. The Balaban J connectivity index is 2.70. The van der Waals surface area contributed by atoms with Gasteiger partial charge in [0.1, 0.15) is 23.0 Å². The molecule has 27 heavy (non-hydrogen) atoms. The van der Waals surface area contributed by atoms with E-state index in [0.29, 0.717) is 45.0 Å². The predicted octanol–water partition coefficient (Wildman–Crippen LogP) is 3.48. The summed E-state index contributed by atoms with van der Waals surface area (Å²) in [5.41, 5.74) is 1.00. The zero-order chi connectivity index (χ0) is 20.0. The Kier molecular flexibility index (Phi) is 6.70. The van der Waals surface area contributed by atoms with E-state index >= 15 is 0 Å².